The van der Waals surface area contributed by atoms with Gasteiger partial charge in [0.05, 0.1) is 0 Å². The maximum Gasteiger partial charge on any atom is 0.497 e. The standard InChI is InChI=1S/C5H7BF3N2O/c1-10-2-3-11(5(10)12)4-6(7,8)9/h2-3H,4H2,1H3/q-1. The Balaban J connectivity index is 2.91. The van der Waals surface area contributed by atoms with E-state index in [1.54, 1.807) is 0 Å². The fourth-order valence-corrected chi connectivity index (χ4v) is 0.873. The average Bonchev–Trinajstić information content (AvgIpc) is 2.16. The Morgan fingerprint density at radius 2 is 2.00 bits per heavy atom. The van der Waals surface area contributed by atoms with Crippen LogP contribution in [0.1, 0.15) is 0 Å². The van der Waals surface area contributed by atoms with Gasteiger partial charge in [-0.25, -0.2) is 4.79 Å². The molecule has 0 atom stereocenters. The number of nitrogens with zero attached hydrogens (tertiary/aromatic N) is 2. The van der Waals surface area contributed by atoms with Gasteiger partial charge in [-0.15, -0.1) is 0 Å². The summed E-state index contributed by atoms with van der Waals surface area (Å²) in [7, 11) is 1.40. The van der Waals surface area contributed by atoms with Crippen LogP contribution in [0, 0.1) is 0 Å². The lowest BCUT2D eigenvalue weighted by molar-refractivity contribution is 0.442. The quantitative estimate of drug-likeness (QED) is 0.609. The van der Waals surface area contributed by atoms with E-state index in [9.17, 15) is 17.7 Å². The SMILES string of the molecule is Cn1ccn(C[B-](F)(F)F)c1=O. The van der Waals surface area contributed by atoms with Crippen LogP contribution in [0.4, 0.5) is 12.9 Å². The predicted molar refractivity (Wildman–Crippen MR) is 38.8 cm³/mol. The third-order valence-corrected chi connectivity index (χ3v) is 1.42. The fraction of sp³-hybridized carbons (Fsp3) is 0.400. The molecule has 0 saturated carbocycles. The van der Waals surface area contributed by atoms with Crippen molar-refractivity contribution in [3.63, 3.8) is 0 Å². The Morgan fingerprint density at radius 1 is 1.42 bits per heavy atom. The molecule has 0 aliphatic carbocycles. The number of aryl methyl sites for hydroxylation is 1. The Labute approximate surface area is 66.5 Å². The lowest BCUT2D eigenvalue weighted by Gasteiger charge is -2.12. The molecule has 0 saturated heterocycles. The van der Waals surface area contributed by atoms with Crippen molar-refractivity contribution in [3.05, 3.63) is 22.9 Å². The number of aromatic nitrogens is 2. The summed E-state index contributed by atoms with van der Waals surface area (Å²) >= 11 is 0. The minimum Gasteiger partial charge on any atom is -0.448 e. The van der Waals surface area contributed by atoms with Crippen molar-refractivity contribution in [2.45, 2.75) is 6.44 Å². The molecule has 1 aromatic heterocycles. The number of halogens is 3. The first-order valence-electron chi connectivity index (χ1n) is 3.33. The van der Waals surface area contributed by atoms with Gasteiger partial charge in [0.25, 0.3) is 0 Å². The van der Waals surface area contributed by atoms with Gasteiger partial charge in [0.1, 0.15) is 0 Å². The lowest BCUT2D eigenvalue weighted by Crippen LogP contribution is -2.31. The van der Waals surface area contributed by atoms with Crippen molar-refractivity contribution in [2.24, 2.45) is 7.05 Å². The van der Waals surface area contributed by atoms with E-state index < -0.39 is 19.1 Å². The van der Waals surface area contributed by atoms with Crippen LogP contribution in [0.25, 0.3) is 0 Å². The Hall–Kier alpha value is -1.14. The largest absolute Gasteiger partial charge is 0.497 e. The van der Waals surface area contributed by atoms with Crippen LogP contribution in [-0.4, -0.2) is 16.1 Å². The minimum atomic E-state index is -4.94. The smallest absolute Gasteiger partial charge is 0.448 e. The summed E-state index contributed by atoms with van der Waals surface area (Å²) in [5.41, 5.74) is -0.644. The van der Waals surface area contributed by atoms with Crippen LogP contribution >= 0.6 is 0 Å². The molecule has 0 radical (unpaired) electrons. The molecule has 0 N–H and O–H groups in total. The highest BCUT2D eigenvalue weighted by Gasteiger charge is 2.24. The zero-order chi connectivity index (χ0) is 9.35. The third-order valence-electron chi connectivity index (χ3n) is 1.42. The molecular formula is C5H7BF3N2O-. The van der Waals surface area contributed by atoms with E-state index in [4.69, 9.17) is 0 Å². The summed E-state index contributed by atoms with van der Waals surface area (Å²) in [4.78, 5) is 10.9. The third kappa shape index (κ3) is 1.93. The summed E-state index contributed by atoms with van der Waals surface area (Å²) in [6.07, 6.45) is 1.25. The van der Waals surface area contributed by atoms with Crippen molar-refractivity contribution in [2.75, 3.05) is 0 Å². The fourth-order valence-electron chi connectivity index (χ4n) is 0.873. The second-order valence-corrected chi connectivity index (χ2v) is 2.55. The molecule has 12 heavy (non-hydrogen) atoms. The Kier molecular flexibility index (Phi) is 2.03. The van der Waals surface area contributed by atoms with Gasteiger partial charge in [-0.1, -0.05) is 0 Å². The molecule has 0 aliphatic rings. The average molecular weight is 179 g/mol. The van der Waals surface area contributed by atoms with E-state index in [1.807, 2.05) is 0 Å². The number of hydrogen-bond acceptors (Lipinski definition) is 1. The zero-order valence-corrected chi connectivity index (χ0v) is 6.38. The molecule has 0 aliphatic heterocycles. The minimum absolute atomic E-state index is 0.639. The molecule has 0 aromatic carbocycles. The van der Waals surface area contributed by atoms with Gasteiger partial charge in [0.15, 0.2) is 0 Å². The molecule has 0 amide bonds. The van der Waals surface area contributed by atoms with Gasteiger partial charge in [-0.2, -0.15) is 0 Å². The van der Waals surface area contributed by atoms with E-state index in [0.717, 1.165) is 10.8 Å². The molecule has 68 valence electrons. The first-order chi connectivity index (χ1) is 5.40. The highest BCUT2D eigenvalue weighted by Crippen LogP contribution is 2.09. The van der Waals surface area contributed by atoms with Gasteiger partial charge in [0.2, 0.25) is 0 Å². The highest BCUT2D eigenvalue weighted by atomic mass is 19.4. The topological polar surface area (TPSA) is 26.9 Å². The molecular weight excluding hydrogens is 172 g/mol. The van der Waals surface area contributed by atoms with Crippen LogP contribution in [0.5, 0.6) is 0 Å². The molecule has 3 nitrogen and oxygen atoms in total. The van der Waals surface area contributed by atoms with E-state index in [-0.39, 0.29) is 0 Å². The van der Waals surface area contributed by atoms with Crippen molar-refractivity contribution in [1.29, 1.82) is 0 Å². The number of hydrogen-bond donors (Lipinski definition) is 0. The Bertz CT molecular complexity index is 326. The summed E-state index contributed by atoms with van der Waals surface area (Å²) in [6.45, 7) is -4.94. The van der Waals surface area contributed by atoms with E-state index >= 15 is 0 Å². The van der Waals surface area contributed by atoms with E-state index in [1.165, 1.54) is 13.2 Å². The molecule has 1 heterocycles. The molecule has 7 heteroatoms. The number of rotatable bonds is 2. The van der Waals surface area contributed by atoms with Crippen molar-refractivity contribution >= 4 is 6.98 Å². The molecule has 0 spiro atoms. The predicted octanol–water partition coefficient (Wildman–Crippen LogP) is 0.573. The van der Waals surface area contributed by atoms with Gasteiger partial charge in [-0.3, -0.25) is 0 Å². The molecule has 0 unspecified atom stereocenters. The van der Waals surface area contributed by atoms with Gasteiger partial charge in [-0.05, 0) is 6.44 Å². The highest BCUT2D eigenvalue weighted by molar-refractivity contribution is 6.57. The van der Waals surface area contributed by atoms with Crippen molar-refractivity contribution in [1.82, 2.24) is 9.13 Å². The van der Waals surface area contributed by atoms with E-state index in [2.05, 4.69) is 0 Å². The first-order valence-corrected chi connectivity index (χ1v) is 3.33. The molecule has 0 fully saturated rings. The van der Waals surface area contributed by atoms with Crippen LogP contribution in [-0.2, 0) is 13.5 Å². The molecule has 0 bridgehead atoms. The van der Waals surface area contributed by atoms with E-state index in [0.29, 0.717) is 4.57 Å². The second kappa shape index (κ2) is 2.73. The molecule has 1 rings (SSSR count). The summed E-state index contributed by atoms with van der Waals surface area (Å²) in [5, 5.41) is 0. The second-order valence-electron chi connectivity index (χ2n) is 2.55. The first kappa shape index (κ1) is 8.96. The van der Waals surface area contributed by atoms with Crippen LogP contribution in [0.15, 0.2) is 17.2 Å². The van der Waals surface area contributed by atoms with Crippen LogP contribution in [0.3, 0.4) is 0 Å². The van der Waals surface area contributed by atoms with Crippen LogP contribution < -0.4 is 5.69 Å². The van der Waals surface area contributed by atoms with Gasteiger partial charge >= 0.3 is 12.7 Å². The van der Waals surface area contributed by atoms with Crippen molar-refractivity contribution < 1.29 is 12.9 Å². The van der Waals surface area contributed by atoms with Crippen LogP contribution in [0.2, 0.25) is 0 Å². The maximum absolute atomic E-state index is 11.8. The summed E-state index contributed by atoms with van der Waals surface area (Å²) in [6, 6.07) is 0. The monoisotopic (exact) mass is 179 g/mol. The van der Waals surface area contributed by atoms with Gasteiger partial charge < -0.3 is 22.1 Å². The number of imidazole rings is 1. The lowest BCUT2D eigenvalue weighted by atomic mass is 9.92. The van der Waals surface area contributed by atoms with Crippen molar-refractivity contribution in [3.8, 4) is 0 Å². The summed E-state index contributed by atoms with van der Waals surface area (Å²) < 4.78 is 37.2. The zero-order valence-electron chi connectivity index (χ0n) is 6.38. The van der Waals surface area contributed by atoms with Gasteiger partial charge in [0, 0.05) is 19.4 Å². The Morgan fingerprint density at radius 3 is 2.33 bits per heavy atom. The maximum atomic E-state index is 11.8. The summed E-state index contributed by atoms with van der Waals surface area (Å²) in [5.74, 6) is 0. The molecule has 1 aromatic rings. The normalized spacial score (nSPS) is 12.0.